The van der Waals surface area contributed by atoms with Gasteiger partial charge in [0.1, 0.15) is 11.5 Å². The summed E-state index contributed by atoms with van der Waals surface area (Å²) >= 11 is 0. The van der Waals surface area contributed by atoms with Crippen LogP contribution in [0.15, 0.2) is 59.7 Å². The third kappa shape index (κ3) is 5.15. The van der Waals surface area contributed by atoms with Crippen molar-refractivity contribution in [3.8, 4) is 11.5 Å². The van der Waals surface area contributed by atoms with Crippen LogP contribution in [0.2, 0.25) is 0 Å². The molecule has 2 amide bonds. The van der Waals surface area contributed by atoms with Gasteiger partial charge in [0.15, 0.2) is 0 Å². The normalized spacial score (nSPS) is 16.6. The van der Waals surface area contributed by atoms with Gasteiger partial charge in [-0.1, -0.05) is 30.3 Å². The van der Waals surface area contributed by atoms with Crippen molar-refractivity contribution in [1.29, 1.82) is 0 Å². The molecule has 1 aliphatic heterocycles. The standard InChI is InChI=1S/C18H18N4O3/c23-17(10-14-11-18(24)22-20-14)21-19-12-13-5-4-8-16(9-13)25-15-6-2-1-3-7-15/h1-9,12,14,20H,10-11H2,(H,21,23)(H,22,24)/b19-12+. The minimum Gasteiger partial charge on any atom is -0.457 e. The average molecular weight is 338 g/mol. The quantitative estimate of drug-likeness (QED) is 0.552. The Bertz CT molecular complexity index is 777. The Labute approximate surface area is 145 Å². The second-order valence-corrected chi connectivity index (χ2v) is 5.58. The second-order valence-electron chi connectivity index (χ2n) is 5.58. The average Bonchev–Trinajstić information content (AvgIpc) is 3.01. The summed E-state index contributed by atoms with van der Waals surface area (Å²) < 4.78 is 5.75. The van der Waals surface area contributed by atoms with Gasteiger partial charge in [-0.25, -0.2) is 10.9 Å². The Morgan fingerprint density at radius 2 is 2.00 bits per heavy atom. The molecule has 1 aliphatic rings. The van der Waals surface area contributed by atoms with Crippen molar-refractivity contribution in [2.45, 2.75) is 18.9 Å². The number of hydrogen-bond donors (Lipinski definition) is 3. The molecule has 2 aromatic carbocycles. The maximum atomic E-state index is 11.8. The lowest BCUT2D eigenvalue weighted by Crippen LogP contribution is -2.34. The molecule has 3 N–H and O–H groups in total. The topological polar surface area (TPSA) is 91.8 Å². The first-order valence-corrected chi connectivity index (χ1v) is 7.88. The first-order chi connectivity index (χ1) is 12.2. The molecule has 25 heavy (non-hydrogen) atoms. The van der Waals surface area contributed by atoms with E-state index in [1.807, 2.05) is 54.6 Å². The van der Waals surface area contributed by atoms with Crippen LogP contribution in [0, 0.1) is 0 Å². The van der Waals surface area contributed by atoms with E-state index in [-0.39, 0.29) is 30.7 Å². The Morgan fingerprint density at radius 3 is 2.76 bits per heavy atom. The summed E-state index contributed by atoms with van der Waals surface area (Å²) in [7, 11) is 0. The zero-order valence-electron chi connectivity index (χ0n) is 13.4. The number of hydrazone groups is 1. The summed E-state index contributed by atoms with van der Waals surface area (Å²) in [4.78, 5) is 22.8. The number of ether oxygens (including phenoxy) is 1. The largest absolute Gasteiger partial charge is 0.457 e. The molecule has 0 spiro atoms. The molecule has 0 aliphatic carbocycles. The number of benzene rings is 2. The van der Waals surface area contributed by atoms with Crippen LogP contribution >= 0.6 is 0 Å². The summed E-state index contributed by atoms with van der Waals surface area (Å²) in [6.07, 6.45) is 2.00. The van der Waals surface area contributed by atoms with Gasteiger partial charge in [0.25, 0.3) is 0 Å². The molecule has 1 unspecified atom stereocenters. The van der Waals surface area contributed by atoms with Gasteiger partial charge in [0.2, 0.25) is 11.8 Å². The van der Waals surface area contributed by atoms with E-state index in [1.54, 1.807) is 6.21 Å². The summed E-state index contributed by atoms with van der Waals surface area (Å²) in [6.45, 7) is 0. The highest BCUT2D eigenvalue weighted by molar-refractivity contribution is 5.84. The molecule has 2 aromatic rings. The van der Waals surface area contributed by atoms with Gasteiger partial charge in [-0.3, -0.25) is 15.0 Å². The van der Waals surface area contributed by atoms with Crippen LogP contribution in [0.3, 0.4) is 0 Å². The number of nitrogens with zero attached hydrogens (tertiary/aromatic N) is 1. The predicted molar refractivity (Wildman–Crippen MR) is 93.0 cm³/mol. The summed E-state index contributed by atoms with van der Waals surface area (Å²) in [5, 5.41) is 3.94. The Balaban J connectivity index is 1.52. The Morgan fingerprint density at radius 1 is 1.20 bits per heavy atom. The van der Waals surface area contributed by atoms with E-state index in [0.717, 1.165) is 11.3 Å². The molecule has 1 atom stereocenters. The molecule has 1 heterocycles. The lowest BCUT2D eigenvalue weighted by molar-refractivity contribution is -0.121. The number of hydrogen-bond acceptors (Lipinski definition) is 5. The monoisotopic (exact) mass is 338 g/mol. The van der Waals surface area contributed by atoms with Crippen LogP contribution in [0.5, 0.6) is 11.5 Å². The van der Waals surface area contributed by atoms with Gasteiger partial charge in [-0.05, 0) is 29.8 Å². The number of rotatable bonds is 6. The lowest BCUT2D eigenvalue weighted by Gasteiger charge is -2.06. The Hall–Kier alpha value is -3.19. The molecule has 7 heteroatoms. The van der Waals surface area contributed by atoms with E-state index in [2.05, 4.69) is 21.4 Å². The molecule has 0 saturated carbocycles. The number of carbonyl (C=O) groups is 2. The minimum atomic E-state index is -0.262. The SMILES string of the molecule is O=C(CC1CC(=O)NN1)N/N=C/c1cccc(Oc2ccccc2)c1. The molecule has 0 bridgehead atoms. The zero-order chi connectivity index (χ0) is 17.5. The van der Waals surface area contributed by atoms with Crippen LogP contribution < -0.4 is 21.0 Å². The maximum absolute atomic E-state index is 11.8. The van der Waals surface area contributed by atoms with Gasteiger partial charge in [-0.2, -0.15) is 5.10 Å². The van der Waals surface area contributed by atoms with Crippen LogP contribution in [0.4, 0.5) is 0 Å². The second kappa shape index (κ2) is 8.07. The van der Waals surface area contributed by atoms with Crippen molar-refractivity contribution in [2.75, 3.05) is 0 Å². The highest BCUT2D eigenvalue weighted by Crippen LogP contribution is 2.21. The predicted octanol–water partition coefficient (Wildman–Crippen LogP) is 1.71. The van der Waals surface area contributed by atoms with E-state index >= 15 is 0 Å². The highest BCUT2D eigenvalue weighted by Gasteiger charge is 2.23. The van der Waals surface area contributed by atoms with Crippen molar-refractivity contribution < 1.29 is 14.3 Å². The Kier molecular flexibility index (Phi) is 5.38. The summed E-state index contributed by atoms with van der Waals surface area (Å²) in [6, 6.07) is 16.6. The highest BCUT2D eigenvalue weighted by atomic mass is 16.5. The summed E-state index contributed by atoms with van der Waals surface area (Å²) in [5.41, 5.74) is 8.46. The minimum absolute atomic E-state index is 0.114. The molecule has 0 aromatic heterocycles. The van der Waals surface area contributed by atoms with Gasteiger partial charge >= 0.3 is 0 Å². The van der Waals surface area contributed by atoms with E-state index in [4.69, 9.17) is 4.74 Å². The number of carbonyl (C=O) groups excluding carboxylic acids is 2. The molecular formula is C18H18N4O3. The zero-order valence-corrected chi connectivity index (χ0v) is 13.4. The maximum Gasteiger partial charge on any atom is 0.241 e. The van der Waals surface area contributed by atoms with Crippen molar-refractivity contribution in [3.05, 3.63) is 60.2 Å². The van der Waals surface area contributed by atoms with Gasteiger partial charge in [0.05, 0.1) is 6.21 Å². The smallest absolute Gasteiger partial charge is 0.241 e. The first-order valence-electron chi connectivity index (χ1n) is 7.88. The van der Waals surface area contributed by atoms with Crippen LogP contribution in [-0.2, 0) is 9.59 Å². The fraction of sp³-hybridized carbons (Fsp3) is 0.167. The van der Waals surface area contributed by atoms with Gasteiger partial charge < -0.3 is 4.74 Å². The molecular weight excluding hydrogens is 320 g/mol. The van der Waals surface area contributed by atoms with Crippen LogP contribution in [-0.4, -0.2) is 24.1 Å². The van der Waals surface area contributed by atoms with Crippen molar-refractivity contribution in [3.63, 3.8) is 0 Å². The van der Waals surface area contributed by atoms with E-state index < -0.39 is 0 Å². The van der Waals surface area contributed by atoms with Crippen molar-refractivity contribution in [1.82, 2.24) is 16.3 Å². The fourth-order valence-electron chi connectivity index (χ4n) is 2.36. The number of nitrogens with one attached hydrogen (secondary N) is 3. The molecule has 3 rings (SSSR count). The molecule has 1 saturated heterocycles. The number of para-hydroxylation sites is 1. The van der Waals surface area contributed by atoms with E-state index in [1.165, 1.54) is 0 Å². The first kappa shape index (κ1) is 16.7. The lowest BCUT2D eigenvalue weighted by atomic mass is 10.1. The molecule has 128 valence electrons. The van der Waals surface area contributed by atoms with Crippen LogP contribution in [0.25, 0.3) is 0 Å². The van der Waals surface area contributed by atoms with Crippen molar-refractivity contribution >= 4 is 18.0 Å². The fourth-order valence-corrected chi connectivity index (χ4v) is 2.36. The molecule has 7 nitrogen and oxygen atoms in total. The number of hydrazine groups is 1. The summed E-state index contributed by atoms with van der Waals surface area (Å²) in [5.74, 6) is 1.05. The number of amides is 2. The third-order valence-corrected chi connectivity index (χ3v) is 3.52. The third-order valence-electron chi connectivity index (χ3n) is 3.52. The van der Waals surface area contributed by atoms with Crippen LogP contribution in [0.1, 0.15) is 18.4 Å². The van der Waals surface area contributed by atoms with E-state index in [0.29, 0.717) is 5.75 Å². The molecule has 0 radical (unpaired) electrons. The van der Waals surface area contributed by atoms with Gasteiger partial charge in [0, 0.05) is 18.9 Å². The van der Waals surface area contributed by atoms with E-state index in [9.17, 15) is 9.59 Å². The van der Waals surface area contributed by atoms with Gasteiger partial charge in [-0.15, -0.1) is 0 Å². The van der Waals surface area contributed by atoms with Crippen molar-refractivity contribution in [2.24, 2.45) is 5.10 Å². The molecule has 1 fully saturated rings.